The number of hydrogen-bond donors (Lipinski definition) is 2. The van der Waals surface area contributed by atoms with Crippen LogP contribution in [-0.2, 0) is 14.4 Å². The fourth-order valence-corrected chi connectivity index (χ4v) is 3.32. The van der Waals surface area contributed by atoms with E-state index in [-0.39, 0.29) is 24.2 Å². The van der Waals surface area contributed by atoms with Gasteiger partial charge in [-0.25, -0.2) is 0 Å². The standard InChI is InChI=1S/C16H25N5O5/c1-10(22)13(14-17-9-18-26-14)19-12(24)8-20(4)15(25)16(3)6-5-7-21(16)11(2)23/h9-10,13,22H,5-8H2,1-4H3,(H,19,24)/t10-,13+,16?/m1/s1. The van der Waals surface area contributed by atoms with Crippen LogP contribution >= 0.6 is 0 Å². The predicted octanol–water partition coefficient (Wildman–Crippen LogP) is -0.533. The summed E-state index contributed by atoms with van der Waals surface area (Å²) < 4.78 is 4.89. The number of aromatic nitrogens is 2. The third-order valence-electron chi connectivity index (χ3n) is 4.65. The third-order valence-corrected chi connectivity index (χ3v) is 4.65. The van der Waals surface area contributed by atoms with Crippen LogP contribution in [0.3, 0.4) is 0 Å². The molecule has 1 aromatic rings. The number of carbonyl (C=O) groups excluding carboxylic acids is 3. The largest absolute Gasteiger partial charge is 0.391 e. The Morgan fingerprint density at radius 2 is 2.19 bits per heavy atom. The topological polar surface area (TPSA) is 129 Å². The van der Waals surface area contributed by atoms with E-state index >= 15 is 0 Å². The summed E-state index contributed by atoms with van der Waals surface area (Å²) in [5.41, 5.74) is -0.947. The van der Waals surface area contributed by atoms with Crippen molar-refractivity contribution in [2.24, 2.45) is 0 Å². The summed E-state index contributed by atoms with van der Waals surface area (Å²) in [7, 11) is 1.51. The normalized spacial score (nSPS) is 22.0. The van der Waals surface area contributed by atoms with Crippen LogP contribution in [0.4, 0.5) is 0 Å². The van der Waals surface area contributed by atoms with Crippen molar-refractivity contribution in [1.29, 1.82) is 0 Å². The molecule has 10 nitrogen and oxygen atoms in total. The lowest BCUT2D eigenvalue weighted by Gasteiger charge is -2.36. The Morgan fingerprint density at radius 3 is 2.73 bits per heavy atom. The smallest absolute Gasteiger partial charge is 0.251 e. The molecule has 0 aromatic carbocycles. The third kappa shape index (κ3) is 4.01. The van der Waals surface area contributed by atoms with Gasteiger partial charge in [-0.3, -0.25) is 14.4 Å². The van der Waals surface area contributed by atoms with Crippen molar-refractivity contribution in [3.8, 4) is 0 Å². The Balaban J connectivity index is 2.02. The molecule has 144 valence electrons. The highest BCUT2D eigenvalue weighted by atomic mass is 16.5. The lowest BCUT2D eigenvalue weighted by Crippen LogP contribution is -2.56. The number of hydrogen-bond acceptors (Lipinski definition) is 7. The van der Waals surface area contributed by atoms with Crippen LogP contribution in [0, 0.1) is 0 Å². The summed E-state index contributed by atoms with van der Waals surface area (Å²) in [5.74, 6) is -0.873. The van der Waals surface area contributed by atoms with Crippen molar-refractivity contribution in [2.75, 3.05) is 20.1 Å². The van der Waals surface area contributed by atoms with Crippen molar-refractivity contribution in [3.63, 3.8) is 0 Å². The van der Waals surface area contributed by atoms with Gasteiger partial charge >= 0.3 is 0 Å². The highest BCUT2D eigenvalue weighted by Gasteiger charge is 2.46. The number of nitrogens with one attached hydrogen (secondary N) is 1. The van der Waals surface area contributed by atoms with Gasteiger partial charge in [0.25, 0.3) is 5.89 Å². The molecule has 1 saturated heterocycles. The minimum atomic E-state index is -0.957. The van der Waals surface area contributed by atoms with Crippen LogP contribution in [0.2, 0.25) is 0 Å². The highest BCUT2D eigenvalue weighted by molar-refractivity contribution is 5.93. The van der Waals surface area contributed by atoms with Crippen LogP contribution < -0.4 is 5.32 Å². The van der Waals surface area contributed by atoms with Crippen molar-refractivity contribution in [3.05, 3.63) is 12.2 Å². The first-order chi connectivity index (χ1) is 12.2. The molecular weight excluding hydrogens is 342 g/mol. The lowest BCUT2D eigenvalue weighted by atomic mass is 9.97. The van der Waals surface area contributed by atoms with Crippen LogP contribution in [-0.4, -0.2) is 74.5 Å². The van der Waals surface area contributed by atoms with Crippen molar-refractivity contribution >= 4 is 17.7 Å². The van der Waals surface area contributed by atoms with E-state index in [9.17, 15) is 19.5 Å². The van der Waals surface area contributed by atoms with E-state index in [0.29, 0.717) is 13.0 Å². The summed E-state index contributed by atoms with van der Waals surface area (Å²) >= 11 is 0. The van der Waals surface area contributed by atoms with Crippen LogP contribution in [0.1, 0.15) is 45.5 Å². The number of nitrogens with zero attached hydrogens (tertiary/aromatic N) is 4. The van der Waals surface area contributed by atoms with E-state index in [4.69, 9.17) is 4.52 Å². The molecule has 0 bridgehead atoms. The first-order valence-corrected chi connectivity index (χ1v) is 8.44. The number of aliphatic hydroxyl groups is 1. The molecule has 1 aromatic heterocycles. The average Bonchev–Trinajstić information content (AvgIpc) is 3.21. The fourth-order valence-electron chi connectivity index (χ4n) is 3.32. The molecule has 1 aliphatic heterocycles. The Hall–Kier alpha value is -2.49. The zero-order valence-electron chi connectivity index (χ0n) is 15.4. The highest BCUT2D eigenvalue weighted by Crippen LogP contribution is 2.30. The molecule has 2 rings (SSSR count). The molecule has 26 heavy (non-hydrogen) atoms. The molecule has 3 atom stereocenters. The second-order valence-corrected chi connectivity index (χ2v) is 6.77. The molecule has 0 spiro atoms. The zero-order chi connectivity index (χ0) is 19.5. The van der Waals surface area contributed by atoms with E-state index in [1.807, 2.05) is 0 Å². The molecular formula is C16H25N5O5. The van der Waals surface area contributed by atoms with E-state index in [2.05, 4.69) is 15.5 Å². The number of aliphatic hydroxyl groups excluding tert-OH is 1. The number of rotatable bonds is 6. The van der Waals surface area contributed by atoms with E-state index in [1.54, 1.807) is 11.8 Å². The Morgan fingerprint density at radius 1 is 1.50 bits per heavy atom. The number of carbonyl (C=O) groups is 3. The van der Waals surface area contributed by atoms with Gasteiger partial charge in [0.2, 0.25) is 17.7 Å². The summed E-state index contributed by atoms with van der Waals surface area (Å²) in [6, 6.07) is -0.871. The SMILES string of the molecule is CC(=O)N1CCCC1(C)C(=O)N(C)CC(=O)N[C@H](c1ncno1)[C@@H](C)O. The first kappa shape index (κ1) is 19.8. The molecule has 1 fully saturated rings. The van der Waals surface area contributed by atoms with Crippen LogP contribution in [0.15, 0.2) is 10.9 Å². The summed E-state index contributed by atoms with van der Waals surface area (Å²) in [6.45, 7) is 4.93. The predicted molar refractivity (Wildman–Crippen MR) is 89.5 cm³/mol. The van der Waals surface area contributed by atoms with Crippen molar-refractivity contribution in [1.82, 2.24) is 25.3 Å². The zero-order valence-corrected chi connectivity index (χ0v) is 15.4. The Bertz CT molecular complexity index is 662. The molecule has 10 heteroatoms. The second-order valence-electron chi connectivity index (χ2n) is 6.77. The monoisotopic (exact) mass is 367 g/mol. The maximum Gasteiger partial charge on any atom is 0.251 e. The van der Waals surface area contributed by atoms with Gasteiger partial charge in [-0.05, 0) is 26.7 Å². The van der Waals surface area contributed by atoms with E-state index in [1.165, 1.54) is 32.1 Å². The van der Waals surface area contributed by atoms with Gasteiger partial charge < -0.3 is 24.7 Å². The first-order valence-electron chi connectivity index (χ1n) is 8.44. The van der Waals surface area contributed by atoms with Gasteiger partial charge in [0.05, 0.1) is 12.6 Å². The lowest BCUT2D eigenvalue weighted by molar-refractivity contribution is -0.149. The van der Waals surface area contributed by atoms with Gasteiger partial charge in [0.1, 0.15) is 11.6 Å². The minimum absolute atomic E-state index is 0.0767. The summed E-state index contributed by atoms with van der Waals surface area (Å²) in [6.07, 6.45) is 1.50. The van der Waals surface area contributed by atoms with Gasteiger partial charge in [-0.1, -0.05) is 5.16 Å². The van der Waals surface area contributed by atoms with Crippen molar-refractivity contribution < 1.29 is 24.0 Å². The van der Waals surface area contributed by atoms with Gasteiger partial charge in [0, 0.05) is 20.5 Å². The molecule has 0 aliphatic carbocycles. The fraction of sp³-hybridized carbons (Fsp3) is 0.688. The minimum Gasteiger partial charge on any atom is -0.391 e. The van der Waals surface area contributed by atoms with Gasteiger partial charge in [0.15, 0.2) is 6.33 Å². The Labute approximate surface area is 151 Å². The van der Waals surface area contributed by atoms with Gasteiger partial charge in [-0.15, -0.1) is 0 Å². The Kier molecular flexibility index (Phi) is 5.96. The molecule has 2 N–H and O–H groups in total. The molecule has 0 saturated carbocycles. The maximum absolute atomic E-state index is 12.8. The van der Waals surface area contributed by atoms with Crippen LogP contribution in [0.5, 0.6) is 0 Å². The van der Waals surface area contributed by atoms with Crippen LogP contribution in [0.25, 0.3) is 0 Å². The summed E-state index contributed by atoms with van der Waals surface area (Å²) in [5, 5.41) is 15.9. The average molecular weight is 367 g/mol. The molecule has 1 aliphatic rings. The quantitative estimate of drug-likeness (QED) is 0.691. The second kappa shape index (κ2) is 7.81. The summed E-state index contributed by atoms with van der Waals surface area (Å²) in [4.78, 5) is 43.6. The number of amides is 3. The molecule has 1 unspecified atom stereocenters. The number of likely N-dealkylation sites (tertiary alicyclic amines) is 1. The van der Waals surface area contributed by atoms with E-state index < -0.39 is 23.6 Å². The number of likely N-dealkylation sites (N-methyl/N-ethyl adjacent to an activating group) is 1. The molecule has 0 radical (unpaired) electrons. The molecule has 3 amide bonds. The van der Waals surface area contributed by atoms with E-state index in [0.717, 1.165) is 6.42 Å². The van der Waals surface area contributed by atoms with Crippen molar-refractivity contribution in [2.45, 2.75) is 51.3 Å². The van der Waals surface area contributed by atoms with Gasteiger partial charge in [-0.2, -0.15) is 4.98 Å². The maximum atomic E-state index is 12.8. The molecule has 2 heterocycles.